The molecule has 4 fully saturated rings. The Labute approximate surface area is 266 Å². The molecule has 248 valence electrons. The Morgan fingerprint density at radius 3 is 2.51 bits per heavy atom. The van der Waals surface area contributed by atoms with Gasteiger partial charge in [0.25, 0.3) is 0 Å². The van der Waals surface area contributed by atoms with E-state index in [9.17, 15) is 19.2 Å². The number of carbonyl (C=O) groups excluding carboxylic acids is 4. The molecule has 4 aliphatic rings. The van der Waals surface area contributed by atoms with E-state index in [2.05, 4.69) is 27.9 Å². The van der Waals surface area contributed by atoms with Gasteiger partial charge in [-0.1, -0.05) is 30.3 Å². The van der Waals surface area contributed by atoms with E-state index in [1.165, 1.54) is 0 Å². The number of carbonyl (C=O) groups is 4. The van der Waals surface area contributed by atoms with Crippen LogP contribution in [0.5, 0.6) is 0 Å². The van der Waals surface area contributed by atoms with E-state index >= 15 is 0 Å². The van der Waals surface area contributed by atoms with Crippen LogP contribution in [-0.2, 0) is 35.2 Å². The van der Waals surface area contributed by atoms with Crippen LogP contribution in [0.25, 0.3) is 0 Å². The Morgan fingerprint density at radius 1 is 0.933 bits per heavy atom. The van der Waals surface area contributed by atoms with Crippen LogP contribution in [0.1, 0.15) is 44.1 Å². The molecule has 12 heteroatoms. The van der Waals surface area contributed by atoms with Gasteiger partial charge in [-0.2, -0.15) is 0 Å². The fourth-order valence-electron chi connectivity index (χ4n) is 7.08. The predicted octanol–water partition coefficient (Wildman–Crippen LogP) is 0.364. The topological polar surface area (TPSA) is 133 Å². The molecule has 3 N–H and O–H groups in total. The van der Waals surface area contributed by atoms with Gasteiger partial charge >= 0.3 is 0 Å². The highest BCUT2D eigenvalue weighted by molar-refractivity contribution is 5.88. The maximum absolute atomic E-state index is 14.1. The molecule has 0 radical (unpaired) electrons. The molecule has 4 saturated heterocycles. The maximum Gasteiger partial charge on any atom is 0.248 e. The van der Waals surface area contributed by atoms with Crippen molar-refractivity contribution in [3.63, 3.8) is 0 Å². The van der Waals surface area contributed by atoms with Gasteiger partial charge in [0.2, 0.25) is 23.6 Å². The molecule has 0 aromatic heterocycles. The van der Waals surface area contributed by atoms with Gasteiger partial charge in [-0.3, -0.25) is 19.2 Å². The predicted molar refractivity (Wildman–Crippen MR) is 168 cm³/mol. The van der Waals surface area contributed by atoms with Gasteiger partial charge in [0, 0.05) is 57.6 Å². The van der Waals surface area contributed by atoms with Crippen molar-refractivity contribution < 1.29 is 28.7 Å². The van der Waals surface area contributed by atoms with E-state index in [1.54, 1.807) is 9.80 Å². The standard InChI is InChI=1S/C33H50N6O6/c1-37-11-8-27(9-12-37)36-28-19-29-33(43)34-10-14-44-15-16-45-23-32(42)38-13-7-25(26(21-38)18-31(41)39(29)22-28)17-30(40)35-20-24-5-3-2-4-6-24/h2-6,25-29,36H,7-23H2,1H3,(H,34,43)(H,35,40)/t25-,26-,28-,29-/m0/s1. The first kappa shape index (κ1) is 33.3. The Morgan fingerprint density at radius 2 is 1.71 bits per heavy atom. The van der Waals surface area contributed by atoms with Gasteiger partial charge in [0.1, 0.15) is 12.6 Å². The molecule has 45 heavy (non-hydrogen) atoms. The number of ether oxygens (including phenoxy) is 2. The molecule has 0 unspecified atom stereocenters. The van der Waals surface area contributed by atoms with Crippen LogP contribution >= 0.6 is 0 Å². The van der Waals surface area contributed by atoms with Gasteiger partial charge in [0.05, 0.1) is 19.8 Å². The average Bonchev–Trinajstić information content (AvgIpc) is 3.47. The number of piperidine rings is 2. The molecule has 4 atom stereocenters. The summed E-state index contributed by atoms with van der Waals surface area (Å²) in [4.78, 5) is 59.4. The minimum atomic E-state index is -0.575. The highest BCUT2D eigenvalue weighted by atomic mass is 16.5. The molecular weight excluding hydrogens is 576 g/mol. The Balaban J connectivity index is 1.28. The van der Waals surface area contributed by atoms with Gasteiger partial charge in [-0.15, -0.1) is 0 Å². The number of hydrogen-bond acceptors (Lipinski definition) is 8. The summed E-state index contributed by atoms with van der Waals surface area (Å²) in [6.07, 6.45) is 3.71. The highest BCUT2D eigenvalue weighted by Crippen LogP contribution is 2.32. The van der Waals surface area contributed by atoms with Crippen LogP contribution < -0.4 is 16.0 Å². The van der Waals surface area contributed by atoms with Crippen LogP contribution in [0, 0.1) is 11.8 Å². The summed E-state index contributed by atoms with van der Waals surface area (Å²) in [6.45, 7) is 5.05. The first-order valence-electron chi connectivity index (χ1n) is 16.6. The van der Waals surface area contributed by atoms with Crippen LogP contribution in [0.4, 0.5) is 0 Å². The van der Waals surface area contributed by atoms with E-state index in [0.29, 0.717) is 64.8 Å². The van der Waals surface area contributed by atoms with Crippen LogP contribution in [-0.4, -0.2) is 129 Å². The lowest BCUT2D eigenvalue weighted by atomic mass is 9.80. The number of rotatable bonds is 6. The molecule has 0 saturated carbocycles. The Kier molecular flexibility index (Phi) is 12.2. The zero-order valence-electron chi connectivity index (χ0n) is 26.6. The monoisotopic (exact) mass is 626 g/mol. The average molecular weight is 627 g/mol. The summed E-state index contributed by atoms with van der Waals surface area (Å²) in [5, 5.41) is 9.73. The third-order valence-corrected chi connectivity index (χ3v) is 9.72. The minimum Gasteiger partial charge on any atom is -0.377 e. The van der Waals surface area contributed by atoms with Crippen molar-refractivity contribution in [2.75, 3.05) is 72.7 Å². The summed E-state index contributed by atoms with van der Waals surface area (Å²) >= 11 is 0. The molecule has 4 amide bonds. The molecule has 5 rings (SSSR count). The van der Waals surface area contributed by atoms with Crippen molar-refractivity contribution in [3.05, 3.63) is 35.9 Å². The first-order valence-corrected chi connectivity index (χ1v) is 16.6. The van der Waals surface area contributed by atoms with E-state index in [0.717, 1.165) is 31.5 Å². The van der Waals surface area contributed by atoms with Gasteiger partial charge in [-0.05, 0) is 63.2 Å². The smallest absolute Gasteiger partial charge is 0.248 e. The second-order valence-electron chi connectivity index (χ2n) is 13.0. The molecule has 4 aliphatic heterocycles. The number of nitrogens with one attached hydrogen (secondary N) is 3. The normalized spacial score (nSPS) is 28.3. The van der Waals surface area contributed by atoms with E-state index in [1.807, 2.05) is 30.3 Å². The molecule has 4 heterocycles. The van der Waals surface area contributed by atoms with Gasteiger partial charge < -0.3 is 40.1 Å². The van der Waals surface area contributed by atoms with Crippen molar-refractivity contribution in [2.45, 2.75) is 63.2 Å². The van der Waals surface area contributed by atoms with Crippen molar-refractivity contribution in [2.24, 2.45) is 11.8 Å². The molecule has 0 spiro atoms. The highest BCUT2D eigenvalue weighted by Gasteiger charge is 2.42. The summed E-state index contributed by atoms with van der Waals surface area (Å²) in [7, 11) is 2.13. The molecule has 0 aliphatic carbocycles. The van der Waals surface area contributed by atoms with Gasteiger partial charge in [0.15, 0.2) is 0 Å². The molecular formula is C33H50N6O6. The van der Waals surface area contributed by atoms with Gasteiger partial charge in [-0.25, -0.2) is 0 Å². The number of hydrogen-bond donors (Lipinski definition) is 3. The number of nitrogens with zero attached hydrogens (tertiary/aromatic N) is 3. The number of fused-ring (bicyclic) bond motifs is 3. The Bertz CT molecular complexity index is 1150. The van der Waals surface area contributed by atoms with E-state index in [4.69, 9.17) is 9.47 Å². The van der Waals surface area contributed by atoms with Crippen molar-refractivity contribution in [3.8, 4) is 0 Å². The second-order valence-corrected chi connectivity index (χ2v) is 13.0. The van der Waals surface area contributed by atoms with Crippen LogP contribution in [0.3, 0.4) is 0 Å². The number of likely N-dealkylation sites (tertiary alicyclic amines) is 1. The SMILES string of the molecule is CN1CCC(N[C@H]2C[C@H]3C(=O)NCCOCCOCC(=O)N4CC[C@@H](CC(=O)NCc5ccccc5)[C@@H](CC(=O)N3C2)C4)CC1. The fourth-order valence-corrected chi connectivity index (χ4v) is 7.08. The lowest BCUT2D eigenvalue weighted by molar-refractivity contribution is -0.143. The molecule has 1 aromatic rings. The maximum atomic E-state index is 14.1. The minimum absolute atomic E-state index is 0.0288. The lowest BCUT2D eigenvalue weighted by Crippen LogP contribution is -2.50. The zero-order chi connectivity index (χ0) is 31.6. The molecule has 2 bridgehead atoms. The summed E-state index contributed by atoms with van der Waals surface area (Å²) in [5.74, 6) is -0.730. The van der Waals surface area contributed by atoms with E-state index < -0.39 is 6.04 Å². The Hall–Kier alpha value is -3.06. The van der Waals surface area contributed by atoms with Crippen molar-refractivity contribution in [1.82, 2.24) is 30.7 Å². The molecule has 12 nitrogen and oxygen atoms in total. The lowest BCUT2D eigenvalue weighted by Gasteiger charge is -2.39. The zero-order valence-corrected chi connectivity index (χ0v) is 26.6. The number of amides is 4. The van der Waals surface area contributed by atoms with Crippen LogP contribution in [0.15, 0.2) is 30.3 Å². The molecule has 1 aromatic carbocycles. The summed E-state index contributed by atoms with van der Waals surface area (Å²) < 4.78 is 11.1. The number of benzene rings is 1. The van der Waals surface area contributed by atoms with Crippen molar-refractivity contribution in [1.29, 1.82) is 0 Å². The van der Waals surface area contributed by atoms with Crippen molar-refractivity contribution >= 4 is 23.6 Å². The quantitative estimate of drug-likeness (QED) is 0.413. The second kappa shape index (κ2) is 16.5. The first-order chi connectivity index (χ1) is 21.9. The summed E-state index contributed by atoms with van der Waals surface area (Å²) in [6, 6.07) is 9.58. The van der Waals surface area contributed by atoms with E-state index in [-0.39, 0.29) is 67.6 Å². The third kappa shape index (κ3) is 9.71. The third-order valence-electron chi connectivity index (χ3n) is 9.72. The fraction of sp³-hybridized carbons (Fsp3) is 0.697. The van der Waals surface area contributed by atoms with Crippen LogP contribution in [0.2, 0.25) is 0 Å². The summed E-state index contributed by atoms with van der Waals surface area (Å²) in [5.41, 5.74) is 1.02. The largest absolute Gasteiger partial charge is 0.377 e.